The van der Waals surface area contributed by atoms with E-state index in [0.29, 0.717) is 12.5 Å². The van der Waals surface area contributed by atoms with E-state index in [1.54, 1.807) is 7.11 Å². The summed E-state index contributed by atoms with van der Waals surface area (Å²) in [6.45, 7) is 13.0. The van der Waals surface area contributed by atoms with Gasteiger partial charge in [0.15, 0.2) is 0 Å². The van der Waals surface area contributed by atoms with Gasteiger partial charge in [-0.3, -0.25) is 4.90 Å². The van der Waals surface area contributed by atoms with Gasteiger partial charge in [-0.1, -0.05) is 27.7 Å². The summed E-state index contributed by atoms with van der Waals surface area (Å²) >= 11 is 0. The first-order chi connectivity index (χ1) is 8.97. The van der Waals surface area contributed by atoms with E-state index in [1.165, 1.54) is 32.4 Å². The van der Waals surface area contributed by atoms with E-state index < -0.39 is 0 Å². The van der Waals surface area contributed by atoms with E-state index in [0.717, 1.165) is 18.4 Å². The van der Waals surface area contributed by atoms with Gasteiger partial charge in [-0.05, 0) is 50.1 Å². The quantitative estimate of drug-likeness (QED) is 0.806. The molecule has 0 spiro atoms. The molecule has 1 heterocycles. The SMILES string of the molecule is COCC(CN)(C(C)C)N1CCCC(C(C)C)CC1. The van der Waals surface area contributed by atoms with Gasteiger partial charge in [0, 0.05) is 13.7 Å². The lowest BCUT2D eigenvalue weighted by atomic mass is 9.84. The fraction of sp³-hybridized carbons (Fsp3) is 1.00. The van der Waals surface area contributed by atoms with Crippen molar-refractivity contribution in [3.8, 4) is 0 Å². The number of nitrogens with zero attached hydrogens (tertiary/aromatic N) is 1. The van der Waals surface area contributed by atoms with Gasteiger partial charge in [0.05, 0.1) is 12.1 Å². The highest BCUT2D eigenvalue weighted by atomic mass is 16.5. The monoisotopic (exact) mass is 270 g/mol. The molecule has 0 aromatic heterocycles. The van der Waals surface area contributed by atoms with Crippen LogP contribution in [0.15, 0.2) is 0 Å². The lowest BCUT2D eigenvalue weighted by Gasteiger charge is -2.46. The van der Waals surface area contributed by atoms with Gasteiger partial charge in [0.25, 0.3) is 0 Å². The summed E-state index contributed by atoms with van der Waals surface area (Å²) in [5.41, 5.74) is 6.16. The molecule has 1 rings (SSSR count). The minimum Gasteiger partial charge on any atom is -0.383 e. The van der Waals surface area contributed by atoms with Gasteiger partial charge in [-0.25, -0.2) is 0 Å². The summed E-state index contributed by atoms with van der Waals surface area (Å²) in [4.78, 5) is 2.61. The number of rotatable bonds is 6. The van der Waals surface area contributed by atoms with Crippen molar-refractivity contribution < 1.29 is 4.74 Å². The average Bonchev–Trinajstić information content (AvgIpc) is 2.61. The molecule has 2 N–H and O–H groups in total. The van der Waals surface area contributed by atoms with Crippen molar-refractivity contribution in [2.75, 3.05) is 33.4 Å². The first-order valence-electron chi connectivity index (χ1n) is 7.92. The Balaban J connectivity index is 2.80. The molecule has 0 bridgehead atoms. The zero-order chi connectivity index (χ0) is 14.5. The number of methoxy groups -OCH3 is 1. The molecular weight excluding hydrogens is 236 g/mol. The Morgan fingerprint density at radius 2 is 1.89 bits per heavy atom. The molecule has 114 valence electrons. The molecule has 19 heavy (non-hydrogen) atoms. The van der Waals surface area contributed by atoms with Gasteiger partial charge in [0.1, 0.15) is 0 Å². The second-order valence-electron chi connectivity index (χ2n) is 6.82. The zero-order valence-corrected chi connectivity index (χ0v) is 13.6. The third-order valence-electron chi connectivity index (χ3n) is 5.17. The number of hydrogen-bond acceptors (Lipinski definition) is 3. The maximum atomic E-state index is 6.15. The van der Waals surface area contributed by atoms with Crippen LogP contribution in [0.2, 0.25) is 0 Å². The Hall–Kier alpha value is -0.120. The molecule has 0 aliphatic carbocycles. The Morgan fingerprint density at radius 3 is 2.37 bits per heavy atom. The number of likely N-dealkylation sites (tertiary alicyclic amines) is 1. The second-order valence-corrected chi connectivity index (χ2v) is 6.82. The molecule has 0 radical (unpaired) electrons. The molecule has 1 aliphatic heterocycles. The summed E-state index contributed by atoms with van der Waals surface area (Å²) in [6.07, 6.45) is 3.96. The predicted octanol–water partition coefficient (Wildman–Crippen LogP) is 2.74. The van der Waals surface area contributed by atoms with Crippen molar-refractivity contribution in [3.05, 3.63) is 0 Å². The van der Waals surface area contributed by atoms with Crippen molar-refractivity contribution in [1.29, 1.82) is 0 Å². The summed E-state index contributed by atoms with van der Waals surface area (Å²) in [5, 5.41) is 0. The highest BCUT2D eigenvalue weighted by Gasteiger charge is 2.39. The average molecular weight is 270 g/mol. The molecule has 0 amide bonds. The fourth-order valence-corrected chi connectivity index (χ4v) is 3.53. The first-order valence-corrected chi connectivity index (χ1v) is 7.92. The van der Waals surface area contributed by atoms with Gasteiger partial charge in [0.2, 0.25) is 0 Å². The standard InChI is InChI=1S/C16H34N2O/c1-13(2)15-7-6-9-18(10-8-15)16(11-17,12-19-5)14(3)4/h13-15H,6-12,17H2,1-5H3. The third-order valence-corrected chi connectivity index (χ3v) is 5.17. The molecular formula is C16H34N2O. The topological polar surface area (TPSA) is 38.5 Å². The van der Waals surface area contributed by atoms with Crippen LogP contribution in [-0.2, 0) is 4.74 Å². The van der Waals surface area contributed by atoms with E-state index in [1.807, 2.05) is 0 Å². The smallest absolute Gasteiger partial charge is 0.0661 e. The summed E-state index contributed by atoms with van der Waals surface area (Å²) in [7, 11) is 1.79. The Labute approximate surface area is 119 Å². The summed E-state index contributed by atoms with van der Waals surface area (Å²) < 4.78 is 5.51. The predicted molar refractivity (Wildman–Crippen MR) is 82.3 cm³/mol. The molecule has 0 saturated carbocycles. The minimum atomic E-state index is 0.0145. The number of ether oxygens (including phenoxy) is 1. The van der Waals surface area contributed by atoms with Crippen LogP contribution in [0.5, 0.6) is 0 Å². The molecule has 3 nitrogen and oxygen atoms in total. The molecule has 2 unspecified atom stereocenters. The van der Waals surface area contributed by atoms with Crippen molar-refractivity contribution in [2.24, 2.45) is 23.5 Å². The van der Waals surface area contributed by atoms with Crippen LogP contribution in [0, 0.1) is 17.8 Å². The van der Waals surface area contributed by atoms with Crippen molar-refractivity contribution in [3.63, 3.8) is 0 Å². The highest BCUT2D eigenvalue weighted by Crippen LogP contribution is 2.31. The van der Waals surface area contributed by atoms with E-state index >= 15 is 0 Å². The van der Waals surface area contributed by atoms with Crippen LogP contribution in [0.4, 0.5) is 0 Å². The van der Waals surface area contributed by atoms with Crippen molar-refractivity contribution in [2.45, 2.75) is 52.5 Å². The molecule has 1 saturated heterocycles. The minimum absolute atomic E-state index is 0.0145. The molecule has 0 aromatic carbocycles. The van der Waals surface area contributed by atoms with Crippen molar-refractivity contribution in [1.82, 2.24) is 4.90 Å². The van der Waals surface area contributed by atoms with E-state index in [2.05, 4.69) is 32.6 Å². The molecule has 2 atom stereocenters. The van der Waals surface area contributed by atoms with E-state index in [-0.39, 0.29) is 5.54 Å². The maximum Gasteiger partial charge on any atom is 0.0661 e. The molecule has 1 aliphatic rings. The molecule has 3 heteroatoms. The van der Waals surface area contributed by atoms with Crippen molar-refractivity contribution >= 4 is 0 Å². The van der Waals surface area contributed by atoms with Crippen LogP contribution >= 0.6 is 0 Å². The lowest BCUT2D eigenvalue weighted by Crippen LogP contribution is -2.60. The van der Waals surface area contributed by atoms with Gasteiger partial charge in [-0.2, -0.15) is 0 Å². The summed E-state index contributed by atoms with van der Waals surface area (Å²) in [6, 6.07) is 0. The van der Waals surface area contributed by atoms with E-state index in [4.69, 9.17) is 10.5 Å². The second kappa shape index (κ2) is 7.61. The van der Waals surface area contributed by atoms with E-state index in [9.17, 15) is 0 Å². The highest BCUT2D eigenvalue weighted by molar-refractivity contribution is 4.95. The van der Waals surface area contributed by atoms with Crippen LogP contribution in [-0.4, -0.2) is 43.8 Å². The normalized spacial score (nSPS) is 25.6. The van der Waals surface area contributed by atoms with Crippen LogP contribution in [0.25, 0.3) is 0 Å². The Kier molecular flexibility index (Phi) is 6.78. The molecule has 1 fully saturated rings. The lowest BCUT2D eigenvalue weighted by molar-refractivity contribution is -0.0152. The fourth-order valence-electron chi connectivity index (χ4n) is 3.53. The first kappa shape index (κ1) is 16.9. The Bertz CT molecular complexity index is 255. The number of hydrogen-bond donors (Lipinski definition) is 1. The van der Waals surface area contributed by atoms with Gasteiger partial charge >= 0.3 is 0 Å². The van der Waals surface area contributed by atoms with Crippen LogP contribution in [0.3, 0.4) is 0 Å². The Morgan fingerprint density at radius 1 is 1.21 bits per heavy atom. The number of nitrogens with two attached hydrogens (primary N) is 1. The summed E-state index contributed by atoms with van der Waals surface area (Å²) in [5.74, 6) is 2.19. The molecule has 0 aromatic rings. The zero-order valence-electron chi connectivity index (χ0n) is 13.6. The van der Waals surface area contributed by atoms with Gasteiger partial charge < -0.3 is 10.5 Å². The maximum absolute atomic E-state index is 6.15. The van der Waals surface area contributed by atoms with Crippen LogP contribution in [0.1, 0.15) is 47.0 Å². The largest absolute Gasteiger partial charge is 0.383 e. The van der Waals surface area contributed by atoms with Crippen LogP contribution < -0.4 is 5.73 Å². The third kappa shape index (κ3) is 3.93. The van der Waals surface area contributed by atoms with Gasteiger partial charge in [-0.15, -0.1) is 0 Å².